The Morgan fingerprint density at radius 1 is 1.21 bits per heavy atom. The second-order valence-electron chi connectivity index (χ2n) is 6.18. The van der Waals surface area contributed by atoms with Gasteiger partial charge in [0.05, 0.1) is 6.10 Å². The van der Waals surface area contributed by atoms with Gasteiger partial charge in [0.15, 0.2) is 8.32 Å². The molecule has 0 aromatic rings. The first-order valence-electron chi connectivity index (χ1n) is 5.49. The van der Waals surface area contributed by atoms with Crippen molar-refractivity contribution in [3.63, 3.8) is 0 Å². The van der Waals surface area contributed by atoms with Crippen LogP contribution in [0.25, 0.3) is 0 Å². The summed E-state index contributed by atoms with van der Waals surface area (Å²) in [6.45, 7) is 11.6. The van der Waals surface area contributed by atoms with Crippen molar-refractivity contribution in [2.24, 2.45) is 0 Å². The van der Waals surface area contributed by atoms with Crippen LogP contribution >= 0.6 is 0 Å². The first-order chi connectivity index (χ1) is 6.15. The Morgan fingerprint density at radius 2 is 1.71 bits per heavy atom. The summed E-state index contributed by atoms with van der Waals surface area (Å²) in [6, 6.07) is 0.670. The molecule has 14 heavy (non-hydrogen) atoms. The van der Waals surface area contributed by atoms with Crippen LogP contribution in [0, 0.1) is 0 Å². The van der Waals surface area contributed by atoms with Gasteiger partial charge in [-0.3, -0.25) is 0 Å². The van der Waals surface area contributed by atoms with Crippen LogP contribution < -0.4 is 0 Å². The van der Waals surface area contributed by atoms with E-state index in [1.807, 2.05) is 0 Å². The van der Waals surface area contributed by atoms with Gasteiger partial charge in [-0.15, -0.1) is 0 Å². The molecule has 0 radical (unpaired) electrons. The van der Waals surface area contributed by atoms with Crippen LogP contribution in [0.4, 0.5) is 0 Å². The monoisotopic (exact) mass is 215 g/mol. The molecule has 0 aromatic carbocycles. The Balaban J connectivity index is 2.47. The van der Waals surface area contributed by atoms with Crippen molar-refractivity contribution in [2.45, 2.75) is 57.5 Å². The van der Waals surface area contributed by atoms with Crippen LogP contribution in [0.3, 0.4) is 0 Å². The average Bonchev–Trinajstić information content (AvgIpc) is 2.63. The van der Waals surface area contributed by atoms with Crippen molar-refractivity contribution < 1.29 is 4.43 Å². The average molecular weight is 215 g/mol. The number of rotatable bonds is 3. The molecule has 0 saturated heterocycles. The zero-order valence-corrected chi connectivity index (χ0v) is 11.7. The highest BCUT2D eigenvalue weighted by molar-refractivity contribution is 6.74. The van der Waals surface area contributed by atoms with Crippen LogP contribution in [0.15, 0.2) is 0 Å². The molecule has 0 unspecified atom stereocenters. The molecule has 2 atom stereocenters. The second-order valence-corrected chi connectivity index (χ2v) is 10.9. The van der Waals surface area contributed by atoms with Gasteiger partial charge >= 0.3 is 0 Å². The quantitative estimate of drug-likeness (QED) is 0.671. The minimum Gasteiger partial charge on any atom is -0.412 e. The van der Waals surface area contributed by atoms with Gasteiger partial charge in [-0.1, -0.05) is 20.8 Å². The molecule has 1 aliphatic carbocycles. The first-order valence-corrected chi connectivity index (χ1v) is 8.40. The molecule has 0 bridgehead atoms. The highest BCUT2D eigenvalue weighted by Gasteiger charge is 2.47. The number of likely N-dealkylation sites (N-methyl/N-ethyl adjacent to an activating group) is 1. The molecule has 1 rings (SSSR count). The maximum absolute atomic E-state index is 6.28. The molecule has 1 fully saturated rings. The fourth-order valence-corrected chi connectivity index (χ4v) is 2.75. The number of hydrogen-bond donors (Lipinski definition) is 0. The SMILES string of the molecule is CN(C)[C@H]1C[C@@H]1O[Si](C)(C)C(C)(C)C. The van der Waals surface area contributed by atoms with Crippen LogP contribution in [0.1, 0.15) is 27.2 Å². The summed E-state index contributed by atoms with van der Waals surface area (Å²) in [4.78, 5) is 2.28. The Morgan fingerprint density at radius 3 is 2.00 bits per heavy atom. The molecular formula is C11H25NOSi. The Hall–Kier alpha value is 0.137. The summed E-state index contributed by atoms with van der Waals surface area (Å²) in [5.41, 5.74) is 0. The van der Waals surface area contributed by atoms with Crippen molar-refractivity contribution >= 4 is 8.32 Å². The maximum Gasteiger partial charge on any atom is 0.192 e. The van der Waals surface area contributed by atoms with Crippen LogP contribution in [-0.2, 0) is 4.43 Å². The minimum atomic E-state index is -1.52. The van der Waals surface area contributed by atoms with Gasteiger partial charge in [0.25, 0.3) is 0 Å². The fraction of sp³-hybridized carbons (Fsp3) is 1.00. The zero-order chi connectivity index (χ0) is 11.1. The smallest absolute Gasteiger partial charge is 0.192 e. The van der Waals surface area contributed by atoms with Crippen LogP contribution in [-0.4, -0.2) is 39.5 Å². The maximum atomic E-state index is 6.28. The Kier molecular flexibility index (Phi) is 3.15. The van der Waals surface area contributed by atoms with E-state index in [-0.39, 0.29) is 0 Å². The van der Waals surface area contributed by atoms with E-state index in [2.05, 4.69) is 52.9 Å². The van der Waals surface area contributed by atoms with Crippen LogP contribution in [0.2, 0.25) is 18.1 Å². The molecule has 0 aromatic heterocycles. The summed E-state index contributed by atoms with van der Waals surface area (Å²) >= 11 is 0. The van der Waals surface area contributed by atoms with E-state index >= 15 is 0 Å². The standard InChI is InChI=1S/C11H25NOSi/c1-11(2,3)14(6,7)13-10-8-9(10)12(4)5/h9-10H,8H2,1-7H3/t9-,10-/m0/s1. The first kappa shape index (κ1) is 12.2. The third-order valence-corrected chi connectivity index (χ3v) is 8.12. The summed E-state index contributed by atoms with van der Waals surface area (Å²) in [7, 11) is 2.76. The molecule has 84 valence electrons. The van der Waals surface area contributed by atoms with Gasteiger partial charge < -0.3 is 9.33 Å². The lowest BCUT2D eigenvalue weighted by Gasteiger charge is -2.36. The molecule has 1 saturated carbocycles. The molecule has 3 heteroatoms. The Labute approximate surface area is 89.8 Å². The Bertz CT molecular complexity index is 208. The fourth-order valence-electron chi connectivity index (χ4n) is 1.38. The highest BCUT2D eigenvalue weighted by Crippen LogP contribution is 2.42. The minimum absolute atomic E-state index is 0.340. The van der Waals surface area contributed by atoms with Crippen molar-refractivity contribution in [1.82, 2.24) is 4.90 Å². The molecule has 0 amide bonds. The zero-order valence-electron chi connectivity index (χ0n) is 10.7. The second kappa shape index (κ2) is 3.61. The van der Waals surface area contributed by atoms with Crippen molar-refractivity contribution in [2.75, 3.05) is 14.1 Å². The molecular weight excluding hydrogens is 190 g/mol. The van der Waals surface area contributed by atoms with E-state index < -0.39 is 8.32 Å². The van der Waals surface area contributed by atoms with Gasteiger partial charge in [-0.2, -0.15) is 0 Å². The van der Waals surface area contributed by atoms with Gasteiger partial charge in [-0.05, 0) is 38.6 Å². The third kappa shape index (κ3) is 2.58. The third-order valence-electron chi connectivity index (χ3n) is 3.62. The van der Waals surface area contributed by atoms with E-state index in [1.54, 1.807) is 0 Å². The van der Waals surface area contributed by atoms with E-state index in [4.69, 9.17) is 4.43 Å². The largest absolute Gasteiger partial charge is 0.412 e. The lowest BCUT2D eigenvalue weighted by atomic mass is 10.2. The number of nitrogens with zero attached hydrogens (tertiary/aromatic N) is 1. The molecule has 0 spiro atoms. The van der Waals surface area contributed by atoms with Gasteiger partial charge in [0.2, 0.25) is 0 Å². The topological polar surface area (TPSA) is 12.5 Å². The van der Waals surface area contributed by atoms with Crippen molar-refractivity contribution in [3.05, 3.63) is 0 Å². The van der Waals surface area contributed by atoms with E-state index in [0.717, 1.165) is 0 Å². The molecule has 1 aliphatic rings. The normalized spacial score (nSPS) is 28.3. The molecule has 2 nitrogen and oxygen atoms in total. The molecule has 0 aliphatic heterocycles. The van der Waals surface area contributed by atoms with Crippen LogP contribution in [0.5, 0.6) is 0 Å². The van der Waals surface area contributed by atoms with E-state index in [0.29, 0.717) is 17.2 Å². The molecule has 0 N–H and O–H groups in total. The molecule has 0 heterocycles. The summed E-state index contributed by atoms with van der Waals surface area (Å²) in [5, 5.41) is 0.340. The lowest BCUT2D eigenvalue weighted by molar-refractivity contribution is 0.232. The van der Waals surface area contributed by atoms with E-state index in [1.165, 1.54) is 6.42 Å². The summed E-state index contributed by atoms with van der Waals surface area (Å²) in [6.07, 6.45) is 1.73. The van der Waals surface area contributed by atoms with Gasteiger partial charge in [-0.25, -0.2) is 0 Å². The predicted octanol–water partition coefficient (Wildman–Crippen LogP) is 2.71. The summed E-state index contributed by atoms with van der Waals surface area (Å²) < 4.78 is 6.28. The van der Waals surface area contributed by atoms with Gasteiger partial charge in [0, 0.05) is 6.04 Å². The lowest BCUT2D eigenvalue weighted by Crippen LogP contribution is -2.42. The summed E-state index contributed by atoms with van der Waals surface area (Å²) in [5.74, 6) is 0. The van der Waals surface area contributed by atoms with Gasteiger partial charge in [0.1, 0.15) is 0 Å². The van der Waals surface area contributed by atoms with Crippen molar-refractivity contribution in [3.8, 4) is 0 Å². The predicted molar refractivity (Wildman–Crippen MR) is 64.2 cm³/mol. The highest BCUT2D eigenvalue weighted by atomic mass is 28.4. The number of hydrogen-bond acceptors (Lipinski definition) is 2. The van der Waals surface area contributed by atoms with Crippen molar-refractivity contribution in [1.29, 1.82) is 0 Å². The van der Waals surface area contributed by atoms with E-state index in [9.17, 15) is 0 Å².